The molecule has 2 aromatic carbocycles. The number of ether oxygens (including phenoxy) is 1. The number of nitrogens with one attached hydrogen (secondary N) is 1. The van der Waals surface area contributed by atoms with Gasteiger partial charge in [-0.15, -0.1) is 0 Å². The average molecular weight is 448 g/mol. The number of amides is 2. The summed E-state index contributed by atoms with van der Waals surface area (Å²) in [4.78, 5) is 36.2. The Morgan fingerprint density at radius 3 is 2.64 bits per heavy atom. The average Bonchev–Trinajstić information content (AvgIpc) is 2.84. The van der Waals surface area contributed by atoms with Gasteiger partial charge in [-0.1, -0.05) is 30.3 Å². The van der Waals surface area contributed by atoms with Crippen molar-refractivity contribution in [3.05, 3.63) is 83.7 Å². The number of aryl methyl sites for hydroxylation is 1. The summed E-state index contributed by atoms with van der Waals surface area (Å²) in [5, 5.41) is 2.55. The second-order valence-electron chi connectivity index (χ2n) is 7.86. The largest absolute Gasteiger partial charge is 0.484 e. The Hall–Kier alpha value is -3.81. The van der Waals surface area contributed by atoms with E-state index < -0.39 is 11.7 Å². The minimum atomic E-state index is -0.518. The fourth-order valence-electron chi connectivity index (χ4n) is 3.86. The van der Waals surface area contributed by atoms with Crippen LogP contribution in [0.5, 0.6) is 5.75 Å². The van der Waals surface area contributed by atoms with Gasteiger partial charge in [0, 0.05) is 12.7 Å². The van der Waals surface area contributed by atoms with Crippen LogP contribution in [0.15, 0.2) is 60.8 Å². The number of anilines is 1. The molecular formula is C25H25FN4O3. The molecular weight excluding hydrogens is 423 g/mol. The summed E-state index contributed by atoms with van der Waals surface area (Å²) in [7, 11) is 0. The molecule has 1 aromatic heterocycles. The lowest BCUT2D eigenvalue weighted by molar-refractivity contribution is -0.137. The highest BCUT2D eigenvalue weighted by molar-refractivity contribution is 6.04. The maximum Gasteiger partial charge on any atom is 0.261 e. The Balaban J connectivity index is 1.47. The van der Waals surface area contributed by atoms with E-state index in [4.69, 9.17) is 4.74 Å². The molecule has 2 heterocycles. The van der Waals surface area contributed by atoms with Gasteiger partial charge in [-0.05, 0) is 50.5 Å². The minimum Gasteiger partial charge on any atom is -0.484 e. The number of rotatable bonds is 6. The topological polar surface area (TPSA) is 84.4 Å². The van der Waals surface area contributed by atoms with Crippen LogP contribution in [0.2, 0.25) is 0 Å². The number of likely N-dealkylation sites (tertiary alicyclic amines) is 1. The fourth-order valence-corrected chi connectivity index (χ4v) is 3.86. The first-order valence-electron chi connectivity index (χ1n) is 10.9. The monoisotopic (exact) mass is 448 g/mol. The molecule has 7 nitrogen and oxygen atoms in total. The lowest BCUT2D eigenvalue weighted by Gasteiger charge is -2.34. The minimum absolute atomic E-state index is 0.0668. The Morgan fingerprint density at radius 2 is 1.88 bits per heavy atom. The number of carbonyl (C=O) groups excluding carboxylic acids is 2. The lowest BCUT2D eigenvalue weighted by Crippen LogP contribution is -2.41. The summed E-state index contributed by atoms with van der Waals surface area (Å²) >= 11 is 0. The first-order chi connectivity index (χ1) is 16.0. The fraction of sp³-hybridized carbons (Fsp3) is 0.280. The van der Waals surface area contributed by atoms with Gasteiger partial charge in [0.15, 0.2) is 12.4 Å². The number of halogens is 1. The van der Waals surface area contributed by atoms with Crippen LogP contribution in [0.25, 0.3) is 0 Å². The highest BCUT2D eigenvalue weighted by atomic mass is 19.1. The van der Waals surface area contributed by atoms with Crippen molar-refractivity contribution in [3.63, 3.8) is 0 Å². The van der Waals surface area contributed by atoms with Crippen molar-refractivity contribution >= 4 is 17.5 Å². The number of hydrogen-bond acceptors (Lipinski definition) is 5. The zero-order chi connectivity index (χ0) is 23.2. The van der Waals surface area contributed by atoms with Gasteiger partial charge in [-0.3, -0.25) is 9.59 Å². The molecule has 1 N–H and O–H groups in total. The smallest absolute Gasteiger partial charge is 0.261 e. The first kappa shape index (κ1) is 22.4. The molecule has 0 spiro atoms. The van der Waals surface area contributed by atoms with E-state index in [-0.39, 0.29) is 29.8 Å². The normalized spacial score (nSPS) is 15.7. The second kappa shape index (κ2) is 10.2. The van der Waals surface area contributed by atoms with E-state index in [2.05, 4.69) is 15.3 Å². The molecule has 1 aliphatic rings. The quantitative estimate of drug-likeness (QED) is 0.608. The van der Waals surface area contributed by atoms with Crippen molar-refractivity contribution < 1.29 is 18.7 Å². The van der Waals surface area contributed by atoms with E-state index in [1.807, 2.05) is 18.2 Å². The molecule has 2 amide bonds. The van der Waals surface area contributed by atoms with E-state index >= 15 is 0 Å². The molecule has 8 heteroatoms. The third-order valence-corrected chi connectivity index (χ3v) is 5.59. The number of benzene rings is 2. The van der Waals surface area contributed by atoms with Crippen molar-refractivity contribution in [2.24, 2.45) is 0 Å². The van der Waals surface area contributed by atoms with Crippen LogP contribution >= 0.6 is 0 Å². The van der Waals surface area contributed by atoms with E-state index in [0.717, 1.165) is 19.3 Å². The predicted molar refractivity (Wildman–Crippen MR) is 121 cm³/mol. The Morgan fingerprint density at radius 1 is 1.12 bits per heavy atom. The Labute approximate surface area is 191 Å². The highest BCUT2D eigenvalue weighted by Gasteiger charge is 2.30. The number of piperidine rings is 1. The summed E-state index contributed by atoms with van der Waals surface area (Å²) in [5.41, 5.74) is 0.809. The van der Waals surface area contributed by atoms with Crippen LogP contribution in [-0.4, -0.2) is 39.8 Å². The summed E-state index contributed by atoms with van der Waals surface area (Å²) < 4.78 is 19.5. The summed E-state index contributed by atoms with van der Waals surface area (Å²) in [6, 6.07) is 14.9. The van der Waals surface area contributed by atoms with Gasteiger partial charge in [0.05, 0.1) is 23.0 Å². The zero-order valence-corrected chi connectivity index (χ0v) is 18.3. The third kappa shape index (κ3) is 5.34. The number of hydrogen-bond donors (Lipinski definition) is 1. The summed E-state index contributed by atoms with van der Waals surface area (Å²) in [6.45, 7) is 2.23. The predicted octanol–water partition coefficient (Wildman–Crippen LogP) is 4.31. The van der Waals surface area contributed by atoms with Crippen molar-refractivity contribution in [3.8, 4) is 5.75 Å². The third-order valence-electron chi connectivity index (χ3n) is 5.59. The van der Waals surface area contributed by atoms with Crippen molar-refractivity contribution in [2.45, 2.75) is 32.2 Å². The van der Waals surface area contributed by atoms with E-state index in [9.17, 15) is 14.0 Å². The molecule has 1 aliphatic heterocycles. The van der Waals surface area contributed by atoms with Crippen LogP contribution in [0.3, 0.4) is 0 Å². The van der Waals surface area contributed by atoms with E-state index in [1.54, 1.807) is 36.1 Å². The molecule has 0 radical (unpaired) electrons. The number of nitrogens with zero attached hydrogens (tertiary/aromatic N) is 3. The molecule has 1 saturated heterocycles. The van der Waals surface area contributed by atoms with Crippen molar-refractivity contribution in [2.75, 3.05) is 18.5 Å². The molecule has 0 bridgehead atoms. The molecule has 1 unspecified atom stereocenters. The zero-order valence-electron chi connectivity index (χ0n) is 18.3. The second-order valence-corrected chi connectivity index (χ2v) is 7.86. The van der Waals surface area contributed by atoms with Crippen LogP contribution in [-0.2, 0) is 4.79 Å². The van der Waals surface area contributed by atoms with Crippen LogP contribution < -0.4 is 10.1 Å². The summed E-state index contributed by atoms with van der Waals surface area (Å²) in [6.07, 6.45) is 4.02. The standard InChI is InChI=1S/C25H25FN4O3/c1-17-19(25(32)29-21-12-6-5-11-20(21)26)15-27-24(28-17)22-13-7-8-14-30(22)23(31)16-33-18-9-3-2-4-10-18/h2-6,9-12,15,22H,7-8,13-14,16H2,1H3,(H,29,32). The summed E-state index contributed by atoms with van der Waals surface area (Å²) in [5.74, 6) is -0.0160. The van der Waals surface area contributed by atoms with Gasteiger partial charge in [0.1, 0.15) is 11.6 Å². The molecule has 1 atom stereocenters. The molecule has 0 aliphatic carbocycles. The van der Waals surface area contributed by atoms with Crippen molar-refractivity contribution in [1.82, 2.24) is 14.9 Å². The lowest BCUT2D eigenvalue weighted by atomic mass is 10.0. The van der Waals surface area contributed by atoms with E-state index in [1.165, 1.54) is 18.3 Å². The Bertz CT molecular complexity index is 1140. The molecule has 4 rings (SSSR count). The van der Waals surface area contributed by atoms with Crippen LogP contribution in [0.4, 0.5) is 10.1 Å². The molecule has 0 saturated carbocycles. The van der Waals surface area contributed by atoms with E-state index in [0.29, 0.717) is 23.8 Å². The molecule has 3 aromatic rings. The Kier molecular flexibility index (Phi) is 6.92. The van der Waals surface area contributed by atoms with Crippen LogP contribution in [0.1, 0.15) is 47.2 Å². The molecule has 170 valence electrons. The van der Waals surface area contributed by atoms with Gasteiger partial charge in [-0.2, -0.15) is 0 Å². The number of para-hydroxylation sites is 2. The SMILES string of the molecule is Cc1nc(C2CCCCN2C(=O)COc2ccccc2)ncc1C(=O)Nc1ccccc1F. The van der Waals surface area contributed by atoms with Crippen molar-refractivity contribution in [1.29, 1.82) is 0 Å². The van der Waals surface area contributed by atoms with Gasteiger partial charge >= 0.3 is 0 Å². The van der Waals surface area contributed by atoms with Gasteiger partial charge in [0.25, 0.3) is 11.8 Å². The number of aromatic nitrogens is 2. The number of carbonyl (C=O) groups is 2. The van der Waals surface area contributed by atoms with Gasteiger partial charge in [-0.25, -0.2) is 14.4 Å². The first-order valence-corrected chi connectivity index (χ1v) is 10.9. The van der Waals surface area contributed by atoms with Crippen LogP contribution in [0, 0.1) is 12.7 Å². The van der Waals surface area contributed by atoms with Gasteiger partial charge < -0.3 is 15.0 Å². The maximum absolute atomic E-state index is 13.9. The molecule has 1 fully saturated rings. The molecule has 33 heavy (non-hydrogen) atoms. The van der Waals surface area contributed by atoms with Gasteiger partial charge in [0.2, 0.25) is 0 Å². The highest BCUT2D eigenvalue weighted by Crippen LogP contribution is 2.29. The maximum atomic E-state index is 13.9.